The molecule has 1 aliphatic carbocycles. The van der Waals surface area contributed by atoms with Gasteiger partial charge in [-0.25, -0.2) is 0 Å². The minimum atomic E-state index is -0.201. The highest BCUT2D eigenvalue weighted by molar-refractivity contribution is 6.40. The molecule has 1 saturated carbocycles. The number of rotatable bonds is 7. The number of hydrogen-bond donors (Lipinski definition) is 1. The largest absolute Gasteiger partial charge is 0.371 e. The molecule has 1 amide bonds. The number of nitrogens with zero attached hydrogens (tertiary/aromatic N) is 2. The van der Waals surface area contributed by atoms with E-state index >= 15 is 0 Å². The van der Waals surface area contributed by atoms with Crippen LogP contribution in [0.15, 0.2) is 77.9 Å². The van der Waals surface area contributed by atoms with E-state index in [4.69, 9.17) is 44.6 Å². The van der Waals surface area contributed by atoms with Gasteiger partial charge in [0.2, 0.25) is 0 Å². The number of nitrogens with one attached hydrogen (secondary N) is 1. The van der Waals surface area contributed by atoms with Gasteiger partial charge in [-0.1, -0.05) is 90.1 Å². The van der Waals surface area contributed by atoms with Crippen molar-refractivity contribution in [2.45, 2.75) is 56.9 Å². The molecule has 5 nitrogen and oxygen atoms in total. The highest BCUT2D eigenvalue weighted by Gasteiger charge is 2.35. The van der Waals surface area contributed by atoms with Crippen molar-refractivity contribution in [3.05, 3.63) is 99.0 Å². The van der Waals surface area contributed by atoms with E-state index in [1.54, 1.807) is 17.1 Å². The van der Waals surface area contributed by atoms with Crippen LogP contribution in [0.5, 0.6) is 0 Å². The fourth-order valence-corrected chi connectivity index (χ4v) is 5.59. The second kappa shape index (κ2) is 11.9. The minimum absolute atomic E-state index is 0.0335. The van der Waals surface area contributed by atoms with Crippen LogP contribution in [0.2, 0.25) is 15.1 Å². The smallest absolute Gasteiger partial charge is 0.267 e. The molecule has 0 aromatic heterocycles. The van der Waals surface area contributed by atoms with E-state index in [9.17, 15) is 4.79 Å². The number of benzene rings is 3. The maximum absolute atomic E-state index is 13.5. The average Bonchev–Trinajstić information content (AvgIpc) is 3.34. The quantitative estimate of drug-likeness (QED) is 0.326. The van der Waals surface area contributed by atoms with Crippen molar-refractivity contribution < 1.29 is 9.53 Å². The molecule has 3 aromatic rings. The standard InChI is InChI=1S/C29H28Cl3N3O2/c30-21-12-10-20(11-13-21)27-17-25(34-35(27)26-15-14-22(31)16-23(26)32)29(36)33-24-8-4-5-9-28(24)37-18-19-6-2-1-3-7-19/h1-3,6-7,10-16,24,27-28H,4-5,8-9,17-18H2,(H,33,36)/t24-,27?,28-/m1/s1. The SMILES string of the molecule is O=C(N[C@@H]1CCCC[C@H]1OCc1ccccc1)C1=NN(c2ccc(Cl)cc2Cl)C(c2ccc(Cl)cc2)C1. The molecule has 1 unspecified atom stereocenters. The van der Waals surface area contributed by atoms with Gasteiger partial charge < -0.3 is 10.1 Å². The molecule has 1 N–H and O–H groups in total. The highest BCUT2D eigenvalue weighted by atomic mass is 35.5. The number of ether oxygens (including phenoxy) is 1. The van der Waals surface area contributed by atoms with E-state index < -0.39 is 0 Å². The van der Waals surface area contributed by atoms with Crippen LogP contribution in [0.1, 0.15) is 49.3 Å². The Kier molecular flexibility index (Phi) is 8.36. The molecule has 0 bridgehead atoms. The fraction of sp³-hybridized carbons (Fsp3) is 0.310. The molecule has 3 atom stereocenters. The molecule has 1 aliphatic heterocycles. The summed E-state index contributed by atoms with van der Waals surface area (Å²) in [5, 5.41) is 11.4. The first-order valence-corrected chi connectivity index (χ1v) is 13.6. The topological polar surface area (TPSA) is 53.9 Å². The summed E-state index contributed by atoms with van der Waals surface area (Å²) in [6.45, 7) is 0.528. The average molecular weight is 557 g/mol. The summed E-state index contributed by atoms with van der Waals surface area (Å²) < 4.78 is 6.26. The zero-order valence-corrected chi connectivity index (χ0v) is 22.5. The molecule has 3 aromatic carbocycles. The van der Waals surface area contributed by atoms with Gasteiger partial charge in [-0.3, -0.25) is 9.80 Å². The third kappa shape index (κ3) is 6.29. The molecule has 0 spiro atoms. The molecule has 192 valence electrons. The summed E-state index contributed by atoms with van der Waals surface area (Å²) in [7, 11) is 0. The lowest BCUT2D eigenvalue weighted by atomic mass is 9.92. The molecule has 1 heterocycles. The zero-order chi connectivity index (χ0) is 25.8. The van der Waals surface area contributed by atoms with Gasteiger partial charge in [-0.05, 0) is 54.3 Å². The third-order valence-electron chi connectivity index (χ3n) is 6.91. The number of carbonyl (C=O) groups excluding carboxylic acids is 1. The Morgan fingerprint density at radius 1 is 0.946 bits per heavy atom. The lowest BCUT2D eigenvalue weighted by Crippen LogP contribution is -2.48. The molecular formula is C29H28Cl3N3O2. The van der Waals surface area contributed by atoms with Gasteiger partial charge in [0.25, 0.3) is 5.91 Å². The van der Waals surface area contributed by atoms with Gasteiger partial charge >= 0.3 is 0 Å². The molecule has 0 saturated heterocycles. The third-order valence-corrected chi connectivity index (χ3v) is 7.70. The van der Waals surface area contributed by atoms with Crippen molar-refractivity contribution in [3.63, 3.8) is 0 Å². The van der Waals surface area contributed by atoms with Crippen LogP contribution in [-0.4, -0.2) is 23.8 Å². The fourth-order valence-electron chi connectivity index (χ4n) is 4.97. The summed E-state index contributed by atoms with van der Waals surface area (Å²) >= 11 is 18.8. The highest BCUT2D eigenvalue weighted by Crippen LogP contribution is 2.40. The second-order valence-electron chi connectivity index (χ2n) is 9.46. The Labute approximate surface area is 232 Å². The zero-order valence-electron chi connectivity index (χ0n) is 20.2. The van der Waals surface area contributed by atoms with E-state index in [-0.39, 0.29) is 24.1 Å². The molecular weight excluding hydrogens is 529 g/mol. The van der Waals surface area contributed by atoms with Crippen molar-refractivity contribution in [2.24, 2.45) is 5.10 Å². The number of halogens is 3. The van der Waals surface area contributed by atoms with Crippen LogP contribution in [0.4, 0.5) is 5.69 Å². The van der Waals surface area contributed by atoms with Crippen LogP contribution >= 0.6 is 34.8 Å². The maximum atomic E-state index is 13.5. The first-order chi connectivity index (χ1) is 18.0. The summed E-state index contributed by atoms with van der Waals surface area (Å²) in [6, 6.07) is 22.7. The van der Waals surface area contributed by atoms with Crippen LogP contribution in [0.25, 0.3) is 0 Å². The summed E-state index contributed by atoms with van der Waals surface area (Å²) in [4.78, 5) is 13.5. The summed E-state index contributed by atoms with van der Waals surface area (Å²) in [5.41, 5.74) is 3.26. The van der Waals surface area contributed by atoms with Gasteiger partial charge in [0, 0.05) is 16.5 Å². The predicted molar refractivity (Wildman–Crippen MR) is 151 cm³/mol. The van der Waals surface area contributed by atoms with Crippen molar-refractivity contribution in [1.29, 1.82) is 0 Å². The van der Waals surface area contributed by atoms with Crippen LogP contribution in [-0.2, 0) is 16.1 Å². The maximum Gasteiger partial charge on any atom is 0.267 e. The number of carbonyl (C=O) groups is 1. The number of hydrogen-bond acceptors (Lipinski definition) is 4. The van der Waals surface area contributed by atoms with E-state index in [1.807, 2.05) is 48.5 Å². The van der Waals surface area contributed by atoms with Crippen molar-refractivity contribution in [1.82, 2.24) is 5.32 Å². The van der Waals surface area contributed by atoms with Crippen molar-refractivity contribution in [2.75, 3.05) is 5.01 Å². The van der Waals surface area contributed by atoms with Gasteiger partial charge in [0.1, 0.15) is 5.71 Å². The molecule has 8 heteroatoms. The monoisotopic (exact) mass is 555 g/mol. The lowest BCUT2D eigenvalue weighted by Gasteiger charge is -2.32. The minimum Gasteiger partial charge on any atom is -0.371 e. The molecule has 0 radical (unpaired) electrons. The summed E-state index contributed by atoms with van der Waals surface area (Å²) in [5.74, 6) is -0.174. The Hall–Kier alpha value is -2.57. The van der Waals surface area contributed by atoms with Crippen LogP contribution in [0.3, 0.4) is 0 Å². The van der Waals surface area contributed by atoms with Crippen LogP contribution < -0.4 is 10.3 Å². The molecule has 37 heavy (non-hydrogen) atoms. The van der Waals surface area contributed by atoms with Gasteiger partial charge in [0.15, 0.2) is 0 Å². The predicted octanol–water partition coefficient (Wildman–Crippen LogP) is 7.60. The number of anilines is 1. The van der Waals surface area contributed by atoms with Crippen molar-refractivity contribution in [3.8, 4) is 0 Å². The van der Waals surface area contributed by atoms with Gasteiger partial charge in [-0.15, -0.1) is 0 Å². The summed E-state index contributed by atoms with van der Waals surface area (Å²) in [6.07, 6.45) is 4.36. The Morgan fingerprint density at radius 3 is 2.43 bits per heavy atom. The molecule has 1 fully saturated rings. The Morgan fingerprint density at radius 2 is 1.68 bits per heavy atom. The first kappa shape index (κ1) is 26.1. The molecule has 2 aliphatic rings. The van der Waals surface area contributed by atoms with Crippen molar-refractivity contribution >= 4 is 52.1 Å². The second-order valence-corrected chi connectivity index (χ2v) is 10.7. The Bertz CT molecular complexity index is 1270. The van der Waals surface area contributed by atoms with Crippen LogP contribution in [0, 0.1) is 0 Å². The number of amides is 1. The molecule has 5 rings (SSSR count). The Balaban J connectivity index is 1.34. The lowest BCUT2D eigenvalue weighted by molar-refractivity contribution is -0.117. The van der Waals surface area contributed by atoms with Gasteiger partial charge in [-0.2, -0.15) is 5.10 Å². The van der Waals surface area contributed by atoms with E-state index in [1.165, 1.54) is 0 Å². The normalized spacial score (nSPS) is 21.5. The first-order valence-electron chi connectivity index (χ1n) is 12.5. The van der Waals surface area contributed by atoms with Gasteiger partial charge in [0.05, 0.1) is 35.5 Å². The van der Waals surface area contributed by atoms with E-state index in [0.717, 1.165) is 36.8 Å². The van der Waals surface area contributed by atoms with E-state index in [0.29, 0.717) is 39.5 Å². The van der Waals surface area contributed by atoms with E-state index in [2.05, 4.69) is 17.4 Å². The number of hydrazone groups is 1.